The largest absolute Gasteiger partial charge is 0.469 e. The minimum absolute atomic E-state index is 0.000154. The molecule has 17 heavy (non-hydrogen) atoms. The third-order valence-electron chi connectivity index (χ3n) is 2.14. The molecule has 0 bridgehead atoms. The van der Waals surface area contributed by atoms with E-state index in [2.05, 4.69) is 19.9 Å². The Labute approximate surface area is 97.6 Å². The fourth-order valence-corrected chi connectivity index (χ4v) is 1.31. The maximum atomic E-state index is 11.0. The first-order valence-corrected chi connectivity index (χ1v) is 5.05. The smallest absolute Gasteiger partial charge is 0.315 e. The SMILES string of the molecule is COC(=O)Cc1nc(Cc2ccncc2)no1. The standard InChI is InChI=1S/C11H11N3O3/c1-16-11(15)7-10-13-9(14-17-10)6-8-2-4-12-5-3-8/h2-5H,6-7H2,1H3. The number of rotatable bonds is 4. The van der Waals surface area contributed by atoms with Gasteiger partial charge in [0.05, 0.1) is 7.11 Å². The number of hydrogen-bond acceptors (Lipinski definition) is 6. The van der Waals surface area contributed by atoms with Crippen LogP contribution < -0.4 is 0 Å². The van der Waals surface area contributed by atoms with Gasteiger partial charge in [-0.15, -0.1) is 0 Å². The van der Waals surface area contributed by atoms with E-state index in [1.165, 1.54) is 7.11 Å². The summed E-state index contributed by atoms with van der Waals surface area (Å²) in [6, 6.07) is 3.74. The highest BCUT2D eigenvalue weighted by molar-refractivity contribution is 5.71. The van der Waals surface area contributed by atoms with Crippen molar-refractivity contribution in [3.8, 4) is 0 Å². The van der Waals surface area contributed by atoms with Gasteiger partial charge in [0.25, 0.3) is 0 Å². The molecule has 0 spiro atoms. The van der Waals surface area contributed by atoms with Crippen molar-refractivity contribution in [2.24, 2.45) is 0 Å². The molecule has 0 N–H and O–H groups in total. The summed E-state index contributed by atoms with van der Waals surface area (Å²) in [6.45, 7) is 0. The first-order chi connectivity index (χ1) is 8.28. The van der Waals surface area contributed by atoms with E-state index in [4.69, 9.17) is 4.52 Å². The van der Waals surface area contributed by atoms with Crippen LogP contribution in [0.3, 0.4) is 0 Å². The van der Waals surface area contributed by atoms with E-state index in [-0.39, 0.29) is 12.3 Å². The van der Waals surface area contributed by atoms with Gasteiger partial charge >= 0.3 is 5.97 Å². The summed E-state index contributed by atoms with van der Waals surface area (Å²) in [5.74, 6) is 0.403. The molecule has 0 aliphatic rings. The number of pyridine rings is 1. The molecular formula is C11H11N3O3. The molecule has 0 unspecified atom stereocenters. The molecule has 0 fully saturated rings. The monoisotopic (exact) mass is 233 g/mol. The van der Waals surface area contributed by atoms with Gasteiger partial charge in [0, 0.05) is 18.8 Å². The minimum atomic E-state index is -0.399. The quantitative estimate of drug-likeness (QED) is 0.726. The zero-order chi connectivity index (χ0) is 12.1. The summed E-state index contributed by atoms with van der Waals surface area (Å²) < 4.78 is 9.44. The van der Waals surface area contributed by atoms with E-state index in [1.54, 1.807) is 12.4 Å². The second-order valence-electron chi connectivity index (χ2n) is 3.39. The van der Waals surface area contributed by atoms with Crippen molar-refractivity contribution in [2.45, 2.75) is 12.8 Å². The van der Waals surface area contributed by atoms with Gasteiger partial charge in [-0.25, -0.2) is 0 Å². The maximum absolute atomic E-state index is 11.0. The van der Waals surface area contributed by atoms with Crippen LogP contribution >= 0.6 is 0 Å². The Hall–Kier alpha value is -2.24. The number of ether oxygens (including phenoxy) is 1. The van der Waals surface area contributed by atoms with Crippen molar-refractivity contribution in [3.63, 3.8) is 0 Å². The molecule has 0 radical (unpaired) electrons. The van der Waals surface area contributed by atoms with Gasteiger partial charge in [0.15, 0.2) is 5.82 Å². The topological polar surface area (TPSA) is 78.1 Å². The molecule has 0 aliphatic heterocycles. The van der Waals surface area contributed by atoms with Crippen molar-refractivity contribution >= 4 is 5.97 Å². The number of carbonyl (C=O) groups is 1. The number of esters is 1. The fourth-order valence-electron chi connectivity index (χ4n) is 1.31. The summed E-state index contributed by atoms with van der Waals surface area (Å²) in [5, 5.41) is 3.78. The van der Waals surface area contributed by atoms with Crippen molar-refractivity contribution in [1.29, 1.82) is 0 Å². The lowest BCUT2D eigenvalue weighted by atomic mass is 10.2. The van der Waals surface area contributed by atoms with E-state index in [1.807, 2.05) is 12.1 Å². The molecule has 0 saturated carbocycles. The molecule has 0 amide bonds. The van der Waals surface area contributed by atoms with Gasteiger partial charge in [-0.3, -0.25) is 9.78 Å². The number of methoxy groups -OCH3 is 1. The highest BCUT2D eigenvalue weighted by Crippen LogP contribution is 2.06. The van der Waals surface area contributed by atoms with Crippen LogP contribution in [-0.2, 0) is 22.4 Å². The lowest BCUT2D eigenvalue weighted by Gasteiger charge is -1.93. The fraction of sp³-hybridized carbons (Fsp3) is 0.273. The Morgan fingerprint density at radius 3 is 2.88 bits per heavy atom. The first-order valence-electron chi connectivity index (χ1n) is 5.05. The maximum Gasteiger partial charge on any atom is 0.315 e. The summed E-state index contributed by atoms with van der Waals surface area (Å²) in [6.07, 6.45) is 3.95. The van der Waals surface area contributed by atoms with Gasteiger partial charge in [0.2, 0.25) is 5.89 Å². The molecule has 0 saturated heterocycles. The van der Waals surface area contributed by atoms with Gasteiger partial charge in [0.1, 0.15) is 6.42 Å². The normalized spacial score (nSPS) is 10.2. The summed E-state index contributed by atoms with van der Waals surface area (Å²) in [5.41, 5.74) is 1.03. The van der Waals surface area contributed by atoms with Crippen LogP contribution in [0.5, 0.6) is 0 Å². The van der Waals surface area contributed by atoms with Crippen molar-refractivity contribution < 1.29 is 14.1 Å². The van der Waals surface area contributed by atoms with E-state index in [9.17, 15) is 4.79 Å². The zero-order valence-electron chi connectivity index (χ0n) is 9.29. The Morgan fingerprint density at radius 1 is 1.41 bits per heavy atom. The van der Waals surface area contributed by atoms with Crippen molar-refractivity contribution in [2.75, 3.05) is 7.11 Å². The third-order valence-corrected chi connectivity index (χ3v) is 2.14. The lowest BCUT2D eigenvalue weighted by molar-refractivity contribution is -0.140. The lowest BCUT2D eigenvalue weighted by Crippen LogP contribution is -2.04. The Bertz CT molecular complexity index is 496. The van der Waals surface area contributed by atoms with E-state index in [0.29, 0.717) is 12.2 Å². The molecule has 2 heterocycles. The zero-order valence-corrected chi connectivity index (χ0v) is 9.29. The van der Waals surface area contributed by atoms with E-state index in [0.717, 1.165) is 5.56 Å². The van der Waals surface area contributed by atoms with Gasteiger partial charge in [-0.05, 0) is 17.7 Å². The summed E-state index contributed by atoms with van der Waals surface area (Å²) in [4.78, 5) is 19.0. The Balaban J connectivity index is 2.01. The second kappa shape index (κ2) is 5.20. The van der Waals surface area contributed by atoms with Crippen LogP contribution in [0.25, 0.3) is 0 Å². The van der Waals surface area contributed by atoms with Crippen molar-refractivity contribution in [3.05, 3.63) is 41.8 Å². The number of aromatic nitrogens is 3. The molecule has 2 aromatic heterocycles. The van der Waals surface area contributed by atoms with Gasteiger partial charge < -0.3 is 9.26 Å². The average molecular weight is 233 g/mol. The van der Waals surface area contributed by atoms with Crippen LogP contribution in [0.1, 0.15) is 17.3 Å². The van der Waals surface area contributed by atoms with Crippen LogP contribution in [0, 0.1) is 0 Å². The Kier molecular flexibility index (Phi) is 3.44. The van der Waals surface area contributed by atoms with Gasteiger partial charge in [-0.2, -0.15) is 4.98 Å². The van der Waals surface area contributed by atoms with E-state index < -0.39 is 5.97 Å². The van der Waals surface area contributed by atoms with Crippen molar-refractivity contribution in [1.82, 2.24) is 15.1 Å². The third kappa shape index (κ3) is 3.10. The number of hydrogen-bond donors (Lipinski definition) is 0. The molecule has 6 heteroatoms. The molecule has 0 aromatic carbocycles. The van der Waals surface area contributed by atoms with Crippen LogP contribution in [0.2, 0.25) is 0 Å². The minimum Gasteiger partial charge on any atom is -0.469 e. The molecular weight excluding hydrogens is 222 g/mol. The highest BCUT2D eigenvalue weighted by atomic mass is 16.5. The second-order valence-corrected chi connectivity index (χ2v) is 3.39. The summed E-state index contributed by atoms with van der Waals surface area (Å²) in [7, 11) is 1.32. The molecule has 6 nitrogen and oxygen atoms in total. The molecule has 2 aromatic rings. The Morgan fingerprint density at radius 2 is 2.18 bits per heavy atom. The van der Waals surface area contributed by atoms with Crippen LogP contribution in [0.4, 0.5) is 0 Å². The van der Waals surface area contributed by atoms with Gasteiger partial charge in [-0.1, -0.05) is 5.16 Å². The van der Waals surface area contributed by atoms with Crippen LogP contribution in [0.15, 0.2) is 29.0 Å². The average Bonchev–Trinajstić information content (AvgIpc) is 2.77. The predicted molar refractivity (Wildman–Crippen MR) is 57.1 cm³/mol. The predicted octanol–water partition coefficient (Wildman–Crippen LogP) is 0.771. The molecule has 2 rings (SSSR count). The molecule has 0 aliphatic carbocycles. The number of nitrogens with zero attached hydrogens (tertiary/aromatic N) is 3. The number of carbonyl (C=O) groups excluding carboxylic acids is 1. The highest BCUT2D eigenvalue weighted by Gasteiger charge is 2.11. The molecule has 0 atom stereocenters. The van der Waals surface area contributed by atoms with E-state index >= 15 is 0 Å². The van der Waals surface area contributed by atoms with Crippen LogP contribution in [-0.4, -0.2) is 28.2 Å². The molecule has 88 valence electrons. The first kappa shape index (κ1) is 11.3. The summed E-state index contributed by atoms with van der Waals surface area (Å²) >= 11 is 0.